The summed E-state index contributed by atoms with van der Waals surface area (Å²) in [6.07, 6.45) is 2.23. The minimum Gasteiger partial charge on any atom is -0.493 e. The molecule has 0 fully saturated rings. The molecular weight excluding hydrogens is 340 g/mol. The Morgan fingerprint density at radius 1 is 1.44 bits per heavy atom. The summed E-state index contributed by atoms with van der Waals surface area (Å²) in [5.74, 6) is 1.38. The highest BCUT2D eigenvalue weighted by atomic mass is 16.5. The fourth-order valence-electron chi connectivity index (χ4n) is 3.43. The minimum atomic E-state index is 0.0265. The number of hydrogen-bond donors (Lipinski definition) is 2. The Morgan fingerprint density at radius 2 is 2.22 bits per heavy atom. The van der Waals surface area contributed by atoms with Crippen molar-refractivity contribution in [2.45, 2.75) is 32.2 Å². The Hall–Kier alpha value is -3.04. The molecule has 0 aliphatic heterocycles. The van der Waals surface area contributed by atoms with E-state index in [0.29, 0.717) is 30.1 Å². The number of methoxy groups -OCH3 is 1. The average molecular weight is 364 g/mol. The second-order valence-corrected chi connectivity index (χ2v) is 6.87. The van der Waals surface area contributed by atoms with Crippen LogP contribution in [0.25, 0.3) is 11.1 Å². The number of para-hydroxylation sites is 1. The van der Waals surface area contributed by atoms with Crippen molar-refractivity contribution in [3.8, 4) is 28.7 Å². The zero-order chi connectivity index (χ0) is 19.6. The van der Waals surface area contributed by atoms with Crippen LogP contribution in [0.15, 0.2) is 30.4 Å². The number of ether oxygens (including phenoxy) is 2. The summed E-state index contributed by atoms with van der Waals surface area (Å²) in [4.78, 5) is 4.47. The van der Waals surface area contributed by atoms with Crippen LogP contribution in [-0.2, 0) is 12.8 Å². The van der Waals surface area contributed by atoms with Crippen LogP contribution in [0.1, 0.15) is 30.2 Å². The molecule has 1 aromatic heterocycles. The molecule has 3 rings (SSSR count). The van der Waals surface area contributed by atoms with Gasteiger partial charge in [0.25, 0.3) is 0 Å². The molecule has 0 radical (unpaired) electrons. The number of nitriles is 1. The zero-order valence-corrected chi connectivity index (χ0v) is 15.7. The van der Waals surface area contributed by atoms with E-state index >= 15 is 0 Å². The van der Waals surface area contributed by atoms with Crippen molar-refractivity contribution in [3.05, 3.63) is 47.2 Å². The minimum absolute atomic E-state index is 0.0265. The van der Waals surface area contributed by atoms with Crippen molar-refractivity contribution >= 4 is 5.82 Å². The average Bonchev–Trinajstić information content (AvgIpc) is 2.65. The lowest BCUT2D eigenvalue weighted by Gasteiger charge is -2.26. The van der Waals surface area contributed by atoms with Crippen molar-refractivity contribution in [1.29, 1.82) is 5.26 Å². The van der Waals surface area contributed by atoms with Gasteiger partial charge in [0.1, 0.15) is 24.1 Å². The summed E-state index contributed by atoms with van der Waals surface area (Å²) in [6, 6.07) is 7.85. The van der Waals surface area contributed by atoms with Crippen molar-refractivity contribution in [2.24, 2.45) is 5.73 Å². The molecule has 0 saturated carbocycles. The number of aryl methyl sites for hydroxylation is 1. The number of nitrogens with two attached hydrogens (primary N) is 2. The molecule has 0 bridgehead atoms. The number of rotatable bonds is 5. The van der Waals surface area contributed by atoms with E-state index in [9.17, 15) is 5.26 Å². The largest absolute Gasteiger partial charge is 0.493 e. The highest BCUT2D eigenvalue weighted by molar-refractivity contribution is 5.84. The lowest BCUT2D eigenvalue weighted by molar-refractivity contribution is 0.321. The van der Waals surface area contributed by atoms with Crippen molar-refractivity contribution < 1.29 is 9.47 Å². The van der Waals surface area contributed by atoms with Gasteiger partial charge in [-0.25, -0.2) is 4.98 Å². The highest BCUT2D eigenvalue weighted by Crippen LogP contribution is 2.44. The van der Waals surface area contributed by atoms with Gasteiger partial charge in [-0.2, -0.15) is 5.26 Å². The summed E-state index contributed by atoms with van der Waals surface area (Å²) in [6.45, 7) is 6.13. The van der Waals surface area contributed by atoms with Gasteiger partial charge < -0.3 is 20.9 Å². The number of fused-ring (bicyclic) bond motifs is 1. The number of pyridine rings is 1. The fourth-order valence-corrected chi connectivity index (χ4v) is 3.43. The van der Waals surface area contributed by atoms with Crippen molar-refractivity contribution in [1.82, 2.24) is 4.98 Å². The lowest BCUT2D eigenvalue weighted by Crippen LogP contribution is -2.29. The second-order valence-electron chi connectivity index (χ2n) is 6.87. The third-order valence-corrected chi connectivity index (χ3v) is 4.67. The van der Waals surface area contributed by atoms with E-state index in [4.69, 9.17) is 20.9 Å². The molecule has 6 heteroatoms. The molecule has 4 N–H and O–H groups in total. The maximum atomic E-state index is 9.78. The summed E-state index contributed by atoms with van der Waals surface area (Å²) in [5, 5.41) is 9.78. The fraction of sp³-hybridized carbons (Fsp3) is 0.333. The van der Waals surface area contributed by atoms with Crippen LogP contribution in [0.3, 0.4) is 0 Å². The highest BCUT2D eigenvalue weighted by Gasteiger charge is 2.27. The van der Waals surface area contributed by atoms with Crippen LogP contribution in [0.4, 0.5) is 5.82 Å². The van der Waals surface area contributed by atoms with Crippen molar-refractivity contribution in [2.75, 3.05) is 19.5 Å². The zero-order valence-electron chi connectivity index (χ0n) is 15.7. The van der Waals surface area contributed by atoms with Gasteiger partial charge in [-0.3, -0.25) is 0 Å². The van der Waals surface area contributed by atoms with E-state index in [1.165, 1.54) is 0 Å². The molecule has 0 unspecified atom stereocenters. The van der Waals surface area contributed by atoms with Gasteiger partial charge in [0, 0.05) is 22.9 Å². The van der Waals surface area contributed by atoms with Gasteiger partial charge in [0.05, 0.1) is 7.11 Å². The van der Waals surface area contributed by atoms with Gasteiger partial charge >= 0.3 is 0 Å². The first-order chi connectivity index (χ1) is 13.0. The Bertz CT molecular complexity index is 931. The van der Waals surface area contributed by atoms with Gasteiger partial charge in [0.15, 0.2) is 11.5 Å². The van der Waals surface area contributed by atoms with E-state index in [0.717, 1.165) is 40.8 Å². The van der Waals surface area contributed by atoms with Crippen LogP contribution in [0.5, 0.6) is 11.5 Å². The van der Waals surface area contributed by atoms with E-state index < -0.39 is 0 Å². The third kappa shape index (κ3) is 3.60. The Labute approximate surface area is 159 Å². The standard InChI is InChI=1S/C21H24N4O2/c1-12(2)11-27-20-14(5-4-6-18(20)26-3)19-15-9-13(23)7-8-17(15)25-21(24)16(19)10-22/h4-6,13H,1,7-9,11,23H2,2-3H3,(H2,24,25)/t13-/m1/s1. The van der Waals surface area contributed by atoms with Gasteiger partial charge in [-0.15, -0.1) is 0 Å². The van der Waals surface area contributed by atoms with Gasteiger partial charge in [0.2, 0.25) is 0 Å². The normalized spacial score (nSPS) is 15.6. The quantitative estimate of drug-likeness (QED) is 0.790. The second kappa shape index (κ2) is 7.68. The molecule has 1 aliphatic rings. The van der Waals surface area contributed by atoms with Crippen LogP contribution in [0.2, 0.25) is 0 Å². The van der Waals surface area contributed by atoms with E-state index in [2.05, 4.69) is 17.6 Å². The predicted molar refractivity (Wildman–Crippen MR) is 106 cm³/mol. The molecule has 0 amide bonds. The van der Waals surface area contributed by atoms with Gasteiger partial charge in [-0.05, 0) is 43.4 Å². The first-order valence-corrected chi connectivity index (χ1v) is 8.87. The van der Waals surface area contributed by atoms with Crippen molar-refractivity contribution in [3.63, 3.8) is 0 Å². The number of nitrogen functional groups attached to an aromatic ring is 1. The topological polar surface area (TPSA) is 107 Å². The first-order valence-electron chi connectivity index (χ1n) is 8.87. The number of hydrogen-bond acceptors (Lipinski definition) is 6. The molecule has 140 valence electrons. The molecule has 1 heterocycles. The molecule has 6 nitrogen and oxygen atoms in total. The SMILES string of the molecule is C=C(C)COc1c(OC)cccc1-c1c(C#N)c(N)nc2c1C[C@H](N)CC2. The lowest BCUT2D eigenvalue weighted by atomic mass is 9.84. The monoisotopic (exact) mass is 364 g/mol. The Balaban J connectivity index is 2.29. The summed E-state index contributed by atoms with van der Waals surface area (Å²) in [7, 11) is 1.59. The van der Waals surface area contributed by atoms with Crippen LogP contribution >= 0.6 is 0 Å². The third-order valence-electron chi connectivity index (χ3n) is 4.67. The summed E-state index contributed by atoms with van der Waals surface area (Å²) < 4.78 is 11.5. The number of benzene rings is 1. The smallest absolute Gasteiger partial charge is 0.169 e. The Morgan fingerprint density at radius 3 is 2.89 bits per heavy atom. The predicted octanol–water partition coefficient (Wildman–Crippen LogP) is 2.98. The number of anilines is 1. The summed E-state index contributed by atoms with van der Waals surface area (Å²) >= 11 is 0. The Kier molecular flexibility index (Phi) is 5.33. The van der Waals surface area contributed by atoms with Crippen LogP contribution in [0, 0.1) is 11.3 Å². The molecule has 0 saturated heterocycles. The summed E-state index contributed by atoms with van der Waals surface area (Å²) in [5.41, 5.74) is 16.9. The van der Waals surface area contributed by atoms with E-state index in [1.807, 2.05) is 25.1 Å². The maximum absolute atomic E-state index is 9.78. The number of aromatic nitrogens is 1. The molecule has 0 spiro atoms. The molecule has 1 atom stereocenters. The number of nitrogens with zero attached hydrogens (tertiary/aromatic N) is 2. The van der Waals surface area contributed by atoms with Gasteiger partial charge in [-0.1, -0.05) is 18.7 Å². The molecule has 2 aromatic rings. The van der Waals surface area contributed by atoms with Crippen LogP contribution in [-0.4, -0.2) is 24.7 Å². The molecule has 1 aromatic carbocycles. The first kappa shape index (κ1) is 18.7. The molecule has 1 aliphatic carbocycles. The van der Waals surface area contributed by atoms with E-state index in [-0.39, 0.29) is 11.9 Å². The molecular formula is C21H24N4O2. The molecule has 27 heavy (non-hydrogen) atoms. The van der Waals surface area contributed by atoms with Crippen LogP contribution < -0.4 is 20.9 Å². The van der Waals surface area contributed by atoms with E-state index in [1.54, 1.807) is 7.11 Å². The maximum Gasteiger partial charge on any atom is 0.169 e.